The van der Waals surface area contributed by atoms with Gasteiger partial charge in [-0.2, -0.15) is 0 Å². The highest BCUT2D eigenvalue weighted by Gasteiger charge is 2.30. The molecule has 0 radical (unpaired) electrons. The second kappa shape index (κ2) is 5.16. The average Bonchev–Trinajstić information content (AvgIpc) is 2.83. The fraction of sp³-hybridized carbons (Fsp3) is 0.647. The van der Waals surface area contributed by atoms with E-state index in [9.17, 15) is 0 Å². The summed E-state index contributed by atoms with van der Waals surface area (Å²) in [6.07, 6.45) is 8.78. The predicted molar refractivity (Wildman–Crippen MR) is 81.7 cm³/mol. The van der Waals surface area contributed by atoms with E-state index in [1.807, 2.05) is 0 Å². The summed E-state index contributed by atoms with van der Waals surface area (Å²) in [7, 11) is 0. The summed E-state index contributed by atoms with van der Waals surface area (Å²) in [6.45, 7) is 4.52. The first kappa shape index (κ1) is 13.0. The Morgan fingerprint density at radius 1 is 1.21 bits per heavy atom. The second-order valence-corrected chi connectivity index (χ2v) is 6.54. The van der Waals surface area contributed by atoms with Crippen molar-refractivity contribution in [1.29, 1.82) is 0 Å². The third-order valence-corrected chi connectivity index (χ3v) is 4.93. The Balaban J connectivity index is 1.69. The fourth-order valence-corrected chi connectivity index (χ4v) is 3.72. The van der Waals surface area contributed by atoms with Crippen molar-refractivity contribution in [3.05, 3.63) is 29.3 Å². The summed E-state index contributed by atoms with van der Waals surface area (Å²) in [5.74, 6) is 0. The van der Waals surface area contributed by atoms with E-state index >= 15 is 0 Å². The van der Waals surface area contributed by atoms with E-state index in [1.165, 1.54) is 61.9 Å². The number of aryl methyl sites for hydroxylation is 2. The molecule has 1 heterocycles. The molecule has 104 valence electrons. The molecule has 1 aliphatic heterocycles. The number of nitrogens with zero attached hydrogens (tertiary/aromatic N) is 1. The van der Waals surface area contributed by atoms with Gasteiger partial charge in [0.1, 0.15) is 0 Å². The Labute approximate surface area is 117 Å². The monoisotopic (exact) mass is 258 g/mol. The first-order valence-electron chi connectivity index (χ1n) is 7.80. The molecule has 0 unspecified atom stereocenters. The minimum absolute atomic E-state index is 0.127. The van der Waals surface area contributed by atoms with Crippen LogP contribution in [0.3, 0.4) is 0 Å². The van der Waals surface area contributed by atoms with Crippen LogP contribution in [-0.4, -0.2) is 18.6 Å². The Morgan fingerprint density at radius 3 is 2.79 bits per heavy atom. The van der Waals surface area contributed by atoms with Gasteiger partial charge in [-0.05, 0) is 50.7 Å². The predicted octanol–water partition coefficient (Wildman–Crippen LogP) is 3.41. The maximum absolute atomic E-state index is 6.49. The van der Waals surface area contributed by atoms with E-state index in [2.05, 4.69) is 30.0 Å². The van der Waals surface area contributed by atoms with Gasteiger partial charge in [0.2, 0.25) is 0 Å². The average molecular weight is 258 g/mol. The van der Waals surface area contributed by atoms with Crippen LogP contribution < -0.4 is 10.6 Å². The summed E-state index contributed by atoms with van der Waals surface area (Å²) in [5.41, 5.74) is 11.0. The zero-order valence-corrected chi connectivity index (χ0v) is 12.1. The van der Waals surface area contributed by atoms with E-state index in [-0.39, 0.29) is 5.54 Å². The van der Waals surface area contributed by atoms with Crippen molar-refractivity contribution in [3.63, 3.8) is 0 Å². The van der Waals surface area contributed by atoms with Crippen molar-refractivity contribution in [1.82, 2.24) is 0 Å². The van der Waals surface area contributed by atoms with Crippen LogP contribution in [0.5, 0.6) is 0 Å². The van der Waals surface area contributed by atoms with E-state index in [4.69, 9.17) is 5.73 Å². The number of hydrogen-bond donors (Lipinski definition) is 1. The van der Waals surface area contributed by atoms with Crippen LogP contribution in [0.15, 0.2) is 18.2 Å². The first-order valence-corrected chi connectivity index (χ1v) is 7.80. The summed E-state index contributed by atoms with van der Waals surface area (Å²) in [5, 5.41) is 0. The molecule has 1 aromatic rings. The first-order chi connectivity index (χ1) is 9.16. The zero-order chi connectivity index (χ0) is 13.3. The molecular formula is C17H26N2. The van der Waals surface area contributed by atoms with Gasteiger partial charge in [-0.25, -0.2) is 0 Å². The minimum atomic E-state index is 0.127. The molecule has 1 fully saturated rings. The zero-order valence-electron chi connectivity index (χ0n) is 12.1. The van der Waals surface area contributed by atoms with Crippen LogP contribution in [-0.2, 0) is 6.42 Å². The number of hydrogen-bond acceptors (Lipinski definition) is 2. The van der Waals surface area contributed by atoms with Crippen LogP contribution in [0.1, 0.15) is 49.7 Å². The van der Waals surface area contributed by atoms with Crippen LogP contribution in [0, 0.1) is 6.92 Å². The SMILES string of the molecule is Cc1ccc2c(c1)CCCN2CCC1(N)CCCC1. The van der Waals surface area contributed by atoms with Crippen molar-refractivity contribution >= 4 is 5.69 Å². The highest BCUT2D eigenvalue weighted by atomic mass is 15.1. The van der Waals surface area contributed by atoms with Gasteiger partial charge in [-0.1, -0.05) is 30.5 Å². The van der Waals surface area contributed by atoms with Crippen molar-refractivity contribution in [3.8, 4) is 0 Å². The van der Waals surface area contributed by atoms with Gasteiger partial charge < -0.3 is 10.6 Å². The van der Waals surface area contributed by atoms with Crippen molar-refractivity contribution in [2.75, 3.05) is 18.0 Å². The summed E-state index contributed by atoms with van der Waals surface area (Å²) in [4.78, 5) is 2.56. The highest BCUT2D eigenvalue weighted by Crippen LogP contribution is 2.33. The third kappa shape index (κ3) is 2.79. The number of nitrogens with two attached hydrogens (primary N) is 1. The maximum atomic E-state index is 6.49. The molecule has 2 heteroatoms. The van der Waals surface area contributed by atoms with Gasteiger partial charge in [0.15, 0.2) is 0 Å². The lowest BCUT2D eigenvalue weighted by Gasteiger charge is -2.34. The second-order valence-electron chi connectivity index (χ2n) is 6.54. The van der Waals surface area contributed by atoms with E-state index in [0.29, 0.717) is 0 Å². The molecule has 1 aliphatic carbocycles. The molecule has 0 amide bonds. The van der Waals surface area contributed by atoms with Crippen molar-refractivity contribution in [2.45, 2.75) is 57.4 Å². The quantitative estimate of drug-likeness (QED) is 0.900. The molecule has 2 nitrogen and oxygen atoms in total. The lowest BCUT2D eigenvalue weighted by Crippen LogP contribution is -2.41. The normalized spacial score (nSPS) is 21.5. The standard InChI is InChI=1S/C17H26N2/c1-14-6-7-16-15(13-14)5-4-11-19(16)12-10-17(18)8-2-3-9-17/h6-7,13H,2-5,8-12,18H2,1H3. The number of anilines is 1. The molecule has 19 heavy (non-hydrogen) atoms. The molecule has 1 saturated carbocycles. The Hall–Kier alpha value is -1.02. The molecule has 2 aliphatic rings. The largest absolute Gasteiger partial charge is 0.371 e. The van der Waals surface area contributed by atoms with Gasteiger partial charge >= 0.3 is 0 Å². The van der Waals surface area contributed by atoms with E-state index in [1.54, 1.807) is 0 Å². The van der Waals surface area contributed by atoms with Gasteiger partial charge in [-0.3, -0.25) is 0 Å². The summed E-state index contributed by atoms with van der Waals surface area (Å²) < 4.78 is 0. The van der Waals surface area contributed by atoms with Gasteiger partial charge in [0.05, 0.1) is 0 Å². The molecule has 0 atom stereocenters. The third-order valence-electron chi connectivity index (χ3n) is 4.93. The molecule has 3 rings (SSSR count). The fourth-order valence-electron chi connectivity index (χ4n) is 3.72. The molecule has 1 aromatic carbocycles. The Bertz CT molecular complexity index is 447. The number of benzene rings is 1. The minimum Gasteiger partial charge on any atom is -0.371 e. The van der Waals surface area contributed by atoms with Gasteiger partial charge in [-0.15, -0.1) is 0 Å². The molecule has 2 N–H and O–H groups in total. The highest BCUT2D eigenvalue weighted by molar-refractivity contribution is 5.56. The Morgan fingerprint density at radius 2 is 2.00 bits per heavy atom. The Kier molecular flexibility index (Phi) is 3.53. The number of fused-ring (bicyclic) bond motifs is 1. The number of rotatable bonds is 3. The van der Waals surface area contributed by atoms with Crippen LogP contribution >= 0.6 is 0 Å². The van der Waals surface area contributed by atoms with Crippen molar-refractivity contribution in [2.24, 2.45) is 5.73 Å². The molecule has 0 bridgehead atoms. The van der Waals surface area contributed by atoms with Crippen LogP contribution in [0.4, 0.5) is 5.69 Å². The van der Waals surface area contributed by atoms with E-state index in [0.717, 1.165) is 13.0 Å². The lowest BCUT2D eigenvalue weighted by atomic mass is 9.93. The van der Waals surface area contributed by atoms with Gasteiger partial charge in [0, 0.05) is 24.3 Å². The van der Waals surface area contributed by atoms with Crippen LogP contribution in [0.2, 0.25) is 0 Å². The lowest BCUT2D eigenvalue weighted by molar-refractivity contribution is 0.404. The topological polar surface area (TPSA) is 29.3 Å². The molecule has 0 spiro atoms. The van der Waals surface area contributed by atoms with E-state index < -0.39 is 0 Å². The van der Waals surface area contributed by atoms with Gasteiger partial charge in [0.25, 0.3) is 0 Å². The summed E-state index contributed by atoms with van der Waals surface area (Å²) >= 11 is 0. The molecule has 0 aromatic heterocycles. The molecular weight excluding hydrogens is 232 g/mol. The maximum Gasteiger partial charge on any atom is 0.0398 e. The van der Waals surface area contributed by atoms with Crippen molar-refractivity contribution < 1.29 is 0 Å². The summed E-state index contributed by atoms with van der Waals surface area (Å²) in [6, 6.07) is 6.90. The smallest absolute Gasteiger partial charge is 0.0398 e. The molecule has 0 saturated heterocycles. The van der Waals surface area contributed by atoms with Crippen LogP contribution in [0.25, 0.3) is 0 Å².